The van der Waals surface area contributed by atoms with E-state index in [2.05, 4.69) is 6.07 Å². The molecule has 0 fully saturated rings. The molecule has 1 amide bonds. The highest BCUT2D eigenvalue weighted by atomic mass is 16.5. The van der Waals surface area contributed by atoms with Crippen LogP contribution in [0.5, 0.6) is 0 Å². The second-order valence-corrected chi connectivity index (χ2v) is 3.87. The Morgan fingerprint density at radius 2 is 2.25 bits per heavy atom. The predicted octanol–water partition coefficient (Wildman–Crippen LogP) is 2.00. The Morgan fingerprint density at radius 3 is 3.06 bits per heavy atom. The second-order valence-electron chi connectivity index (χ2n) is 3.87. The highest BCUT2D eigenvalue weighted by molar-refractivity contribution is 5.95. The van der Waals surface area contributed by atoms with Crippen LogP contribution in [0.3, 0.4) is 0 Å². The molecule has 0 aromatic heterocycles. The van der Waals surface area contributed by atoms with Crippen LogP contribution in [0.25, 0.3) is 0 Å². The van der Waals surface area contributed by atoms with E-state index in [4.69, 9.17) is 4.74 Å². The maximum absolute atomic E-state index is 11.9. The van der Waals surface area contributed by atoms with Crippen LogP contribution in [-0.2, 0) is 16.0 Å². The summed E-state index contributed by atoms with van der Waals surface area (Å²) >= 11 is 0. The van der Waals surface area contributed by atoms with Crippen LogP contribution in [0.2, 0.25) is 0 Å². The zero-order valence-corrected chi connectivity index (χ0v) is 9.61. The second kappa shape index (κ2) is 5.12. The Hall–Kier alpha value is -1.35. The van der Waals surface area contributed by atoms with E-state index in [1.54, 1.807) is 0 Å². The molecule has 1 aliphatic heterocycles. The molecule has 0 aliphatic carbocycles. The standard InChI is InChI=1S/C13H17NO2/c1-2-16-10-8-13(15)14-9-7-11-5-3-4-6-12(11)14/h3-6H,2,7-10H2,1H3. The van der Waals surface area contributed by atoms with Crippen LogP contribution >= 0.6 is 0 Å². The van der Waals surface area contributed by atoms with E-state index in [1.807, 2.05) is 30.0 Å². The van der Waals surface area contributed by atoms with Gasteiger partial charge in [0.2, 0.25) is 5.91 Å². The van der Waals surface area contributed by atoms with Crippen LogP contribution in [0.4, 0.5) is 5.69 Å². The number of fused-ring (bicyclic) bond motifs is 1. The number of amides is 1. The summed E-state index contributed by atoms with van der Waals surface area (Å²) in [7, 11) is 0. The molecule has 0 N–H and O–H groups in total. The topological polar surface area (TPSA) is 29.5 Å². The summed E-state index contributed by atoms with van der Waals surface area (Å²) in [5.41, 5.74) is 2.34. The third-order valence-corrected chi connectivity index (χ3v) is 2.85. The molecule has 0 saturated heterocycles. The van der Waals surface area contributed by atoms with E-state index in [0.717, 1.165) is 18.7 Å². The number of nitrogens with zero attached hydrogens (tertiary/aromatic N) is 1. The summed E-state index contributed by atoms with van der Waals surface area (Å²) < 4.78 is 5.20. The van der Waals surface area contributed by atoms with Gasteiger partial charge in [0.05, 0.1) is 13.0 Å². The smallest absolute Gasteiger partial charge is 0.229 e. The van der Waals surface area contributed by atoms with Gasteiger partial charge in [-0.25, -0.2) is 0 Å². The average Bonchev–Trinajstić information content (AvgIpc) is 2.73. The van der Waals surface area contributed by atoms with Gasteiger partial charge in [-0.05, 0) is 25.0 Å². The molecule has 1 heterocycles. The van der Waals surface area contributed by atoms with Gasteiger partial charge in [0.15, 0.2) is 0 Å². The molecule has 86 valence electrons. The van der Waals surface area contributed by atoms with E-state index in [1.165, 1.54) is 5.56 Å². The van der Waals surface area contributed by atoms with E-state index >= 15 is 0 Å². The quantitative estimate of drug-likeness (QED) is 0.725. The molecule has 0 atom stereocenters. The fourth-order valence-corrected chi connectivity index (χ4v) is 2.04. The number of hydrogen-bond acceptors (Lipinski definition) is 2. The van der Waals surface area contributed by atoms with Crippen molar-refractivity contribution >= 4 is 11.6 Å². The molecule has 3 nitrogen and oxygen atoms in total. The zero-order valence-electron chi connectivity index (χ0n) is 9.61. The van der Waals surface area contributed by atoms with Crippen molar-refractivity contribution in [3.63, 3.8) is 0 Å². The molecular weight excluding hydrogens is 202 g/mol. The SMILES string of the molecule is CCOCCC(=O)N1CCc2ccccc21. The first-order valence-electron chi connectivity index (χ1n) is 5.79. The van der Waals surface area contributed by atoms with Crippen molar-refractivity contribution in [3.05, 3.63) is 29.8 Å². The molecule has 0 radical (unpaired) electrons. The Kier molecular flexibility index (Phi) is 3.57. The van der Waals surface area contributed by atoms with Gasteiger partial charge in [-0.1, -0.05) is 18.2 Å². The number of ether oxygens (including phenoxy) is 1. The zero-order chi connectivity index (χ0) is 11.4. The van der Waals surface area contributed by atoms with Crippen molar-refractivity contribution in [1.82, 2.24) is 0 Å². The third kappa shape index (κ3) is 2.25. The van der Waals surface area contributed by atoms with Crippen molar-refractivity contribution in [2.24, 2.45) is 0 Å². The maximum Gasteiger partial charge on any atom is 0.229 e. The molecule has 1 aliphatic rings. The van der Waals surface area contributed by atoms with Crippen LogP contribution in [-0.4, -0.2) is 25.7 Å². The lowest BCUT2D eigenvalue weighted by atomic mass is 10.2. The summed E-state index contributed by atoms with van der Waals surface area (Å²) in [6.45, 7) is 3.94. The predicted molar refractivity (Wildman–Crippen MR) is 63.6 cm³/mol. The van der Waals surface area contributed by atoms with Gasteiger partial charge in [-0.15, -0.1) is 0 Å². The van der Waals surface area contributed by atoms with Gasteiger partial charge in [-0.2, -0.15) is 0 Å². The number of anilines is 1. The van der Waals surface area contributed by atoms with Crippen LogP contribution in [0.1, 0.15) is 18.9 Å². The van der Waals surface area contributed by atoms with E-state index in [0.29, 0.717) is 19.6 Å². The molecule has 1 aromatic carbocycles. The summed E-state index contributed by atoms with van der Waals surface area (Å²) in [5, 5.41) is 0. The minimum absolute atomic E-state index is 0.165. The molecular formula is C13H17NO2. The molecule has 0 saturated carbocycles. The minimum Gasteiger partial charge on any atom is -0.381 e. The Morgan fingerprint density at radius 1 is 1.44 bits per heavy atom. The monoisotopic (exact) mass is 219 g/mol. The molecule has 0 spiro atoms. The number of carbonyl (C=O) groups is 1. The van der Waals surface area contributed by atoms with Gasteiger partial charge >= 0.3 is 0 Å². The summed E-state index contributed by atoms with van der Waals surface area (Å²) in [6.07, 6.45) is 1.44. The Balaban J connectivity index is 1.99. The Bertz CT molecular complexity index is 376. The first kappa shape index (κ1) is 11.1. The van der Waals surface area contributed by atoms with Crippen molar-refractivity contribution < 1.29 is 9.53 Å². The van der Waals surface area contributed by atoms with Crippen molar-refractivity contribution in [2.45, 2.75) is 19.8 Å². The molecule has 3 heteroatoms. The molecule has 0 unspecified atom stereocenters. The first-order chi connectivity index (χ1) is 7.83. The van der Waals surface area contributed by atoms with Crippen LogP contribution in [0.15, 0.2) is 24.3 Å². The van der Waals surface area contributed by atoms with Crippen LogP contribution in [0, 0.1) is 0 Å². The fourth-order valence-electron chi connectivity index (χ4n) is 2.04. The van der Waals surface area contributed by atoms with Gasteiger partial charge in [0.1, 0.15) is 0 Å². The lowest BCUT2D eigenvalue weighted by Crippen LogP contribution is -2.29. The van der Waals surface area contributed by atoms with E-state index in [-0.39, 0.29) is 5.91 Å². The van der Waals surface area contributed by atoms with E-state index in [9.17, 15) is 4.79 Å². The van der Waals surface area contributed by atoms with Crippen molar-refractivity contribution in [2.75, 3.05) is 24.7 Å². The maximum atomic E-state index is 11.9. The number of hydrogen-bond donors (Lipinski definition) is 0. The highest BCUT2D eigenvalue weighted by Gasteiger charge is 2.23. The van der Waals surface area contributed by atoms with Gasteiger partial charge in [-0.3, -0.25) is 4.79 Å². The minimum atomic E-state index is 0.165. The molecule has 0 bridgehead atoms. The van der Waals surface area contributed by atoms with Crippen molar-refractivity contribution in [3.8, 4) is 0 Å². The average molecular weight is 219 g/mol. The number of carbonyl (C=O) groups excluding carboxylic acids is 1. The van der Waals surface area contributed by atoms with Crippen LogP contribution < -0.4 is 4.90 Å². The largest absolute Gasteiger partial charge is 0.381 e. The molecule has 16 heavy (non-hydrogen) atoms. The number of benzene rings is 1. The third-order valence-electron chi connectivity index (χ3n) is 2.85. The molecule has 2 rings (SSSR count). The van der Waals surface area contributed by atoms with E-state index < -0.39 is 0 Å². The summed E-state index contributed by atoms with van der Waals surface area (Å²) in [6, 6.07) is 8.10. The van der Waals surface area contributed by atoms with Gasteiger partial charge in [0.25, 0.3) is 0 Å². The number of rotatable bonds is 4. The van der Waals surface area contributed by atoms with Gasteiger partial charge < -0.3 is 9.64 Å². The summed E-state index contributed by atoms with van der Waals surface area (Å²) in [5.74, 6) is 0.165. The molecule has 1 aromatic rings. The van der Waals surface area contributed by atoms with Gasteiger partial charge in [0, 0.05) is 18.8 Å². The Labute approximate surface area is 96.0 Å². The van der Waals surface area contributed by atoms with Crippen molar-refractivity contribution in [1.29, 1.82) is 0 Å². The first-order valence-corrected chi connectivity index (χ1v) is 5.79. The lowest BCUT2D eigenvalue weighted by molar-refractivity contribution is -0.119. The number of para-hydroxylation sites is 1. The lowest BCUT2D eigenvalue weighted by Gasteiger charge is -2.17. The fraction of sp³-hybridized carbons (Fsp3) is 0.462. The highest BCUT2D eigenvalue weighted by Crippen LogP contribution is 2.27. The summed E-state index contributed by atoms with van der Waals surface area (Å²) in [4.78, 5) is 13.8. The normalized spacial score (nSPS) is 13.9.